The van der Waals surface area contributed by atoms with Crippen LogP contribution in [0.3, 0.4) is 0 Å². The Bertz CT molecular complexity index is 1270. The summed E-state index contributed by atoms with van der Waals surface area (Å²) in [7, 11) is 0. The van der Waals surface area contributed by atoms with Crippen molar-refractivity contribution in [2.45, 2.75) is 12.2 Å². The van der Waals surface area contributed by atoms with E-state index in [1.807, 2.05) is 48.5 Å². The molecule has 2 aromatic heterocycles. The fourth-order valence-corrected chi connectivity index (χ4v) is 4.35. The molecule has 2 unspecified atom stereocenters. The molecule has 11 heteroatoms. The Kier molecular flexibility index (Phi) is 12.0. The van der Waals surface area contributed by atoms with Crippen LogP contribution in [0.5, 0.6) is 0 Å². The normalized spacial score (nSPS) is 13.1. The lowest BCUT2D eigenvalue weighted by Gasteiger charge is -2.15. The maximum absolute atomic E-state index is 10.5. The summed E-state index contributed by atoms with van der Waals surface area (Å²) in [4.78, 5) is 8.57. The molecule has 41 heavy (non-hydrogen) atoms. The van der Waals surface area contributed by atoms with Crippen LogP contribution in [0.25, 0.3) is 21.8 Å². The summed E-state index contributed by atoms with van der Waals surface area (Å²) in [5.74, 6) is 0.716. The summed E-state index contributed by atoms with van der Waals surface area (Å²) in [5, 5.41) is 22.8. The van der Waals surface area contributed by atoms with Crippen molar-refractivity contribution >= 4 is 33.4 Å². The van der Waals surface area contributed by atoms with Gasteiger partial charge in [-0.3, -0.25) is 0 Å². The van der Waals surface area contributed by atoms with Crippen LogP contribution in [0.1, 0.15) is 23.3 Å². The molecule has 0 aliphatic heterocycles. The zero-order valence-electron chi connectivity index (χ0n) is 23.0. The maximum atomic E-state index is 10.5. The molecule has 0 aliphatic carbocycles. The molecule has 0 saturated carbocycles. The number of nitrogen functional groups attached to an aromatic ring is 2. The monoisotopic (exact) mass is 566 g/mol. The summed E-state index contributed by atoms with van der Waals surface area (Å²) >= 11 is 0. The van der Waals surface area contributed by atoms with Gasteiger partial charge >= 0.3 is 0 Å². The van der Waals surface area contributed by atoms with Gasteiger partial charge in [0.15, 0.2) is 0 Å². The second kappa shape index (κ2) is 16.1. The van der Waals surface area contributed by atoms with Crippen molar-refractivity contribution in [2.24, 2.45) is 0 Å². The molecular weight excluding hydrogens is 528 g/mol. The minimum atomic E-state index is -0.815. The van der Waals surface area contributed by atoms with E-state index in [1.54, 1.807) is 12.1 Å². The zero-order valence-corrected chi connectivity index (χ0v) is 23.0. The van der Waals surface area contributed by atoms with Crippen molar-refractivity contribution in [3.8, 4) is 0 Å². The highest BCUT2D eigenvalue weighted by Crippen LogP contribution is 2.26. The second-order valence-electron chi connectivity index (χ2n) is 9.33. The molecule has 0 bridgehead atoms. The molecule has 0 fully saturated rings. The maximum Gasteiger partial charge on any atom is 0.124 e. The summed E-state index contributed by atoms with van der Waals surface area (Å²) in [6, 6.07) is 18.4. The fourth-order valence-electron chi connectivity index (χ4n) is 4.35. The Morgan fingerprint density at radius 1 is 0.537 bits per heavy atom. The first kappa shape index (κ1) is 30.5. The van der Waals surface area contributed by atoms with Crippen LogP contribution in [0.4, 0.5) is 11.6 Å². The standard InChI is InChI=1S/C30H38N4O7/c31-29-17-23(21-5-1-3-7-25(21)33-29)27(35)19-40-15-13-38-11-9-37-10-12-39-14-16-41-20-28(36)24-18-30(32)34-26-8-4-2-6-22(24)26/h1-8,17-18,27-28,35-36H,9-16,19-20H2,(H2,31,33)(H2,32,34). The van der Waals surface area contributed by atoms with Crippen molar-refractivity contribution in [1.29, 1.82) is 0 Å². The van der Waals surface area contributed by atoms with E-state index in [-0.39, 0.29) is 13.2 Å². The molecule has 6 N–H and O–H groups in total. The first-order valence-corrected chi connectivity index (χ1v) is 13.6. The predicted molar refractivity (Wildman–Crippen MR) is 156 cm³/mol. The molecule has 220 valence electrons. The zero-order chi connectivity index (χ0) is 28.9. The molecule has 0 radical (unpaired) electrons. The van der Waals surface area contributed by atoms with Crippen LogP contribution in [0.2, 0.25) is 0 Å². The first-order chi connectivity index (χ1) is 20.0. The number of hydrogen-bond donors (Lipinski definition) is 4. The Morgan fingerprint density at radius 2 is 0.878 bits per heavy atom. The van der Waals surface area contributed by atoms with E-state index in [4.69, 9.17) is 35.2 Å². The van der Waals surface area contributed by atoms with Gasteiger partial charge in [-0.1, -0.05) is 36.4 Å². The second-order valence-corrected chi connectivity index (χ2v) is 9.33. The number of aromatic nitrogens is 2. The topological polar surface area (TPSA) is 164 Å². The van der Waals surface area contributed by atoms with Crippen molar-refractivity contribution in [2.75, 3.05) is 77.5 Å². The third kappa shape index (κ3) is 9.30. The Balaban J connectivity index is 0.975. The first-order valence-electron chi connectivity index (χ1n) is 13.6. The number of pyridine rings is 2. The van der Waals surface area contributed by atoms with E-state index in [2.05, 4.69) is 9.97 Å². The van der Waals surface area contributed by atoms with Crippen molar-refractivity contribution in [3.05, 3.63) is 71.8 Å². The van der Waals surface area contributed by atoms with Crippen LogP contribution >= 0.6 is 0 Å². The van der Waals surface area contributed by atoms with Crippen molar-refractivity contribution in [3.63, 3.8) is 0 Å². The average Bonchev–Trinajstić information content (AvgIpc) is 2.97. The van der Waals surface area contributed by atoms with E-state index < -0.39 is 12.2 Å². The Labute approximate surface area is 239 Å². The number of ether oxygens (including phenoxy) is 5. The van der Waals surface area contributed by atoms with Gasteiger partial charge in [-0.2, -0.15) is 0 Å². The van der Waals surface area contributed by atoms with Crippen LogP contribution in [-0.2, 0) is 23.7 Å². The van der Waals surface area contributed by atoms with Gasteiger partial charge in [-0.25, -0.2) is 9.97 Å². The summed E-state index contributed by atoms with van der Waals surface area (Å²) in [5.41, 5.74) is 14.6. The minimum absolute atomic E-state index is 0.128. The number of aliphatic hydroxyl groups is 2. The molecule has 0 saturated heterocycles. The Morgan fingerprint density at radius 3 is 1.27 bits per heavy atom. The number of anilines is 2. The van der Waals surface area contributed by atoms with E-state index in [9.17, 15) is 10.2 Å². The summed E-state index contributed by atoms with van der Waals surface area (Å²) in [6.07, 6.45) is -1.63. The molecule has 0 spiro atoms. The van der Waals surface area contributed by atoms with E-state index in [1.165, 1.54) is 0 Å². The van der Waals surface area contributed by atoms with Crippen LogP contribution in [0.15, 0.2) is 60.7 Å². The molecule has 2 heterocycles. The SMILES string of the molecule is Nc1cc(C(O)COCCOCCOCCOCCOCC(O)c2cc(N)nc3ccccc23)c2ccccc2n1. The molecule has 2 aromatic carbocycles. The van der Waals surface area contributed by atoms with Crippen LogP contribution < -0.4 is 11.5 Å². The van der Waals surface area contributed by atoms with Crippen LogP contribution in [-0.4, -0.2) is 86.2 Å². The average molecular weight is 567 g/mol. The number of para-hydroxylation sites is 2. The van der Waals surface area contributed by atoms with Gasteiger partial charge in [0.05, 0.1) is 77.1 Å². The van der Waals surface area contributed by atoms with Gasteiger partial charge in [0.25, 0.3) is 0 Å². The van der Waals surface area contributed by atoms with E-state index in [0.717, 1.165) is 21.8 Å². The minimum Gasteiger partial charge on any atom is -0.386 e. The highest BCUT2D eigenvalue weighted by atomic mass is 16.6. The number of nitrogens with two attached hydrogens (primary N) is 2. The molecule has 0 amide bonds. The number of aliphatic hydroxyl groups excluding tert-OH is 2. The lowest BCUT2D eigenvalue weighted by atomic mass is 10.0. The number of hydrogen-bond acceptors (Lipinski definition) is 11. The molecule has 0 aliphatic rings. The smallest absolute Gasteiger partial charge is 0.124 e. The lowest BCUT2D eigenvalue weighted by molar-refractivity contribution is -0.0263. The summed E-state index contributed by atoms with van der Waals surface area (Å²) in [6.45, 7) is 3.43. The molecular formula is C30H38N4O7. The van der Waals surface area contributed by atoms with Gasteiger partial charge in [0, 0.05) is 10.8 Å². The van der Waals surface area contributed by atoms with Gasteiger partial charge in [-0.05, 0) is 35.4 Å². The van der Waals surface area contributed by atoms with Crippen molar-refractivity contribution in [1.82, 2.24) is 9.97 Å². The van der Waals surface area contributed by atoms with Gasteiger partial charge in [0.2, 0.25) is 0 Å². The third-order valence-electron chi connectivity index (χ3n) is 6.29. The van der Waals surface area contributed by atoms with Gasteiger partial charge in [-0.15, -0.1) is 0 Å². The molecule has 2 atom stereocenters. The van der Waals surface area contributed by atoms with Crippen molar-refractivity contribution < 1.29 is 33.9 Å². The highest BCUT2D eigenvalue weighted by molar-refractivity contribution is 5.85. The summed E-state index contributed by atoms with van der Waals surface area (Å²) < 4.78 is 27.6. The van der Waals surface area contributed by atoms with E-state index in [0.29, 0.717) is 75.6 Å². The largest absolute Gasteiger partial charge is 0.386 e. The van der Waals surface area contributed by atoms with E-state index >= 15 is 0 Å². The fraction of sp³-hybridized carbons (Fsp3) is 0.400. The highest BCUT2D eigenvalue weighted by Gasteiger charge is 2.14. The number of benzene rings is 2. The molecule has 4 rings (SSSR count). The molecule has 11 nitrogen and oxygen atoms in total. The lowest BCUT2D eigenvalue weighted by Crippen LogP contribution is -2.15. The van der Waals surface area contributed by atoms with Crippen LogP contribution in [0, 0.1) is 0 Å². The predicted octanol–water partition coefficient (Wildman–Crippen LogP) is 2.80. The Hall–Kier alpha value is -3.42. The number of fused-ring (bicyclic) bond motifs is 2. The number of nitrogens with zero attached hydrogens (tertiary/aromatic N) is 2. The van der Waals surface area contributed by atoms with Gasteiger partial charge < -0.3 is 45.4 Å². The molecule has 4 aromatic rings. The number of rotatable bonds is 18. The third-order valence-corrected chi connectivity index (χ3v) is 6.29. The van der Waals surface area contributed by atoms with Gasteiger partial charge in [0.1, 0.15) is 23.8 Å². The quantitative estimate of drug-likeness (QED) is 0.131.